The Kier molecular flexibility index (Phi) is 4.18. The Labute approximate surface area is 121 Å². The topological polar surface area (TPSA) is 119 Å². The van der Waals surface area contributed by atoms with Gasteiger partial charge in [-0.3, -0.25) is 29.9 Å². The fraction of sp³-hybridized carbons (Fsp3) is 0.385. The number of carbonyl (C=O) groups excluding carboxylic acids is 2. The van der Waals surface area contributed by atoms with Gasteiger partial charge in [0.05, 0.1) is 17.5 Å². The number of amides is 2. The number of nitrogens with one attached hydrogen (secondary N) is 1. The molecule has 0 aliphatic carbocycles. The predicted octanol–water partition coefficient (Wildman–Crippen LogP) is 0.414. The van der Waals surface area contributed by atoms with Gasteiger partial charge in [-0.1, -0.05) is 13.0 Å². The van der Waals surface area contributed by atoms with Crippen LogP contribution in [-0.2, 0) is 16.1 Å². The number of nitro benzene ring substituents is 1. The number of nitrogens with two attached hydrogens (primary N) is 1. The number of hydrogen-bond acceptors (Lipinski definition) is 6. The standard InChI is InChI=1S/C13H16N4O4/c1-2-10-13(19)15-12(18)7-16(10)6-8-3-4-11(17(20)21)9(14)5-8/h3-5,10H,2,6-7,14H2,1H3,(H,15,18,19). The van der Waals surface area contributed by atoms with E-state index in [9.17, 15) is 19.7 Å². The first-order valence-corrected chi connectivity index (χ1v) is 6.53. The molecule has 2 amide bonds. The van der Waals surface area contributed by atoms with Crippen molar-refractivity contribution in [2.75, 3.05) is 12.3 Å². The summed E-state index contributed by atoms with van der Waals surface area (Å²) in [5, 5.41) is 13.0. The third kappa shape index (κ3) is 3.16. The van der Waals surface area contributed by atoms with Gasteiger partial charge in [0.25, 0.3) is 5.69 Å². The second-order valence-corrected chi connectivity index (χ2v) is 4.89. The van der Waals surface area contributed by atoms with Gasteiger partial charge >= 0.3 is 0 Å². The van der Waals surface area contributed by atoms with Crippen LogP contribution in [0.15, 0.2) is 18.2 Å². The van der Waals surface area contributed by atoms with Crippen LogP contribution in [0.2, 0.25) is 0 Å². The quantitative estimate of drug-likeness (QED) is 0.359. The Morgan fingerprint density at radius 3 is 2.76 bits per heavy atom. The van der Waals surface area contributed by atoms with Crippen molar-refractivity contribution in [3.63, 3.8) is 0 Å². The molecule has 1 aromatic carbocycles. The van der Waals surface area contributed by atoms with E-state index in [4.69, 9.17) is 5.73 Å². The van der Waals surface area contributed by atoms with Gasteiger partial charge < -0.3 is 5.73 Å². The number of carbonyl (C=O) groups is 2. The highest BCUT2D eigenvalue weighted by Crippen LogP contribution is 2.23. The van der Waals surface area contributed by atoms with Gasteiger partial charge in [0, 0.05) is 12.6 Å². The van der Waals surface area contributed by atoms with E-state index in [-0.39, 0.29) is 35.8 Å². The zero-order valence-electron chi connectivity index (χ0n) is 11.5. The zero-order chi connectivity index (χ0) is 15.6. The van der Waals surface area contributed by atoms with Crippen molar-refractivity contribution in [1.29, 1.82) is 0 Å². The molecule has 0 aromatic heterocycles. The molecule has 1 aliphatic rings. The lowest BCUT2D eigenvalue weighted by atomic mass is 10.1. The maximum Gasteiger partial charge on any atom is 0.292 e. The van der Waals surface area contributed by atoms with E-state index < -0.39 is 4.92 Å². The minimum atomic E-state index is -0.550. The van der Waals surface area contributed by atoms with E-state index >= 15 is 0 Å². The van der Waals surface area contributed by atoms with Gasteiger partial charge in [-0.05, 0) is 18.1 Å². The number of nitro groups is 1. The largest absolute Gasteiger partial charge is 0.393 e. The number of hydrogen-bond donors (Lipinski definition) is 2. The molecule has 1 heterocycles. The molecule has 1 aromatic rings. The molecule has 0 bridgehead atoms. The van der Waals surface area contributed by atoms with Crippen LogP contribution in [0, 0.1) is 10.1 Å². The Balaban J connectivity index is 2.20. The molecule has 1 atom stereocenters. The summed E-state index contributed by atoms with van der Waals surface area (Å²) in [6, 6.07) is 4.02. The monoisotopic (exact) mass is 292 g/mol. The van der Waals surface area contributed by atoms with Gasteiger partial charge in [-0.25, -0.2) is 0 Å². The minimum absolute atomic E-state index is 0.0679. The Hall–Kier alpha value is -2.48. The summed E-state index contributed by atoms with van der Waals surface area (Å²) in [4.78, 5) is 35.1. The van der Waals surface area contributed by atoms with Crippen molar-refractivity contribution in [3.05, 3.63) is 33.9 Å². The van der Waals surface area contributed by atoms with E-state index in [0.717, 1.165) is 5.56 Å². The van der Waals surface area contributed by atoms with Crippen LogP contribution >= 0.6 is 0 Å². The number of benzene rings is 1. The third-order valence-corrected chi connectivity index (χ3v) is 3.41. The second kappa shape index (κ2) is 5.88. The molecule has 0 spiro atoms. The van der Waals surface area contributed by atoms with Gasteiger partial charge in [0.1, 0.15) is 5.69 Å². The van der Waals surface area contributed by atoms with Crippen LogP contribution in [0.4, 0.5) is 11.4 Å². The normalized spacial score (nSPS) is 19.4. The van der Waals surface area contributed by atoms with Crippen LogP contribution in [-0.4, -0.2) is 34.2 Å². The first kappa shape index (κ1) is 14.9. The van der Waals surface area contributed by atoms with Crippen LogP contribution in [0.3, 0.4) is 0 Å². The van der Waals surface area contributed by atoms with Crippen molar-refractivity contribution >= 4 is 23.2 Å². The second-order valence-electron chi connectivity index (χ2n) is 4.89. The molecule has 0 saturated carbocycles. The van der Waals surface area contributed by atoms with Crippen LogP contribution in [0.1, 0.15) is 18.9 Å². The first-order valence-electron chi connectivity index (χ1n) is 6.53. The van der Waals surface area contributed by atoms with E-state index in [1.54, 1.807) is 11.0 Å². The van der Waals surface area contributed by atoms with Gasteiger partial charge in [-0.2, -0.15) is 0 Å². The van der Waals surface area contributed by atoms with Crippen LogP contribution in [0.5, 0.6) is 0 Å². The van der Waals surface area contributed by atoms with Crippen molar-refractivity contribution in [2.24, 2.45) is 0 Å². The fourth-order valence-corrected chi connectivity index (χ4v) is 2.43. The molecule has 112 valence electrons. The summed E-state index contributed by atoms with van der Waals surface area (Å²) in [7, 11) is 0. The lowest BCUT2D eigenvalue weighted by molar-refractivity contribution is -0.383. The molecule has 8 heteroatoms. The molecule has 0 radical (unpaired) electrons. The SMILES string of the molecule is CCC1C(=O)NC(=O)CN1Cc1ccc([N+](=O)[O-])c(N)c1. The maximum absolute atomic E-state index is 11.8. The highest BCUT2D eigenvalue weighted by molar-refractivity contribution is 6.01. The molecule has 1 saturated heterocycles. The van der Waals surface area contributed by atoms with Crippen LogP contribution < -0.4 is 11.1 Å². The average Bonchev–Trinajstić information content (AvgIpc) is 2.37. The highest BCUT2D eigenvalue weighted by atomic mass is 16.6. The molecule has 2 rings (SSSR count). The van der Waals surface area contributed by atoms with Crippen molar-refractivity contribution < 1.29 is 14.5 Å². The molecule has 8 nitrogen and oxygen atoms in total. The number of nitrogens with zero attached hydrogens (tertiary/aromatic N) is 2. The Morgan fingerprint density at radius 2 is 2.19 bits per heavy atom. The fourth-order valence-electron chi connectivity index (χ4n) is 2.43. The molecular formula is C13H16N4O4. The molecule has 3 N–H and O–H groups in total. The maximum atomic E-state index is 11.8. The number of anilines is 1. The smallest absolute Gasteiger partial charge is 0.292 e. The molecule has 1 aliphatic heterocycles. The van der Waals surface area contributed by atoms with Crippen molar-refractivity contribution in [1.82, 2.24) is 10.2 Å². The number of imide groups is 1. The summed E-state index contributed by atoms with van der Waals surface area (Å²) < 4.78 is 0. The third-order valence-electron chi connectivity index (χ3n) is 3.41. The summed E-state index contributed by atoms with van der Waals surface area (Å²) in [5.74, 6) is -0.664. The minimum Gasteiger partial charge on any atom is -0.393 e. The molecule has 1 fully saturated rings. The van der Waals surface area contributed by atoms with Gasteiger partial charge in [0.2, 0.25) is 11.8 Å². The summed E-state index contributed by atoms with van der Waals surface area (Å²) in [6.45, 7) is 2.30. The lowest BCUT2D eigenvalue weighted by Crippen LogP contribution is -2.57. The van der Waals surface area contributed by atoms with Gasteiger partial charge in [0.15, 0.2) is 0 Å². The summed E-state index contributed by atoms with van der Waals surface area (Å²) >= 11 is 0. The van der Waals surface area contributed by atoms with E-state index in [1.807, 2.05) is 6.92 Å². The molecule has 21 heavy (non-hydrogen) atoms. The zero-order valence-corrected chi connectivity index (χ0v) is 11.5. The summed E-state index contributed by atoms with van der Waals surface area (Å²) in [5.41, 5.74) is 6.28. The van der Waals surface area contributed by atoms with E-state index in [2.05, 4.69) is 5.32 Å². The highest BCUT2D eigenvalue weighted by Gasteiger charge is 2.32. The molecular weight excluding hydrogens is 276 g/mol. The van der Waals surface area contributed by atoms with E-state index in [1.165, 1.54) is 12.1 Å². The van der Waals surface area contributed by atoms with Crippen molar-refractivity contribution in [3.8, 4) is 0 Å². The Morgan fingerprint density at radius 1 is 1.48 bits per heavy atom. The number of nitrogen functional groups attached to an aromatic ring is 1. The van der Waals surface area contributed by atoms with Gasteiger partial charge in [-0.15, -0.1) is 0 Å². The number of piperazine rings is 1. The average molecular weight is 292 g/mol. The Bertz CT molecular complexity index is 602. The molecule has 1 unspecified atom stereocenters. The first-order chi connectivity index (χ1) is 9.92. The number of rotatable bonds is 4. The lowest BCUT2D eigenvalue weighted by Gasteiger charge is -2.33. The predicted molar refractivity (Wildman–Crippen MR) is 75.1 cm³/mol. The van der Waals surface area contributed by atoms with E-state index in [0.29, 0.717) is 13.0 Å². The van der Waals surface area contributed by atoms with Crippen LogP contribution in [0.25, 0.3) is 0 Å². The summed E-state index contributed by atoms with van der Waals surface area (Å²) in [6.07, 6.45) is 0.571. The van der Waals surface area contributed by atoms with Crippen molar-refractivity contribution in [2.45, 2.75) is 25.9 Å².